The minimum absolute atomic E-state index is 0.116. The fraction of sp³-hybridized carbons (Fsp3) is 0.179. The Balaban J connectivity index is 1.66. The number of benzene rings is 3. The van der Waals surface area contributed by atoms with Crippen molar-refractivity contribution in [3.8, 4) is 0 Å². The molecule has 0 N–H and O–H groups in total. The Morgan fingerprint density at radius 1 is 1.00 bits per heavy atom. The zero-order chi connectivity index (χ0) is 25.4. The molecule has 8 heteroatoms. The summed E-state index contributed by atoms with van der Waals surface area (Å²) >= 11 is 6.23. The van der Waals surface area contributed by atoms with Gasteiger partial charge in [-0.15, -0.1) is 0 Å². The first-order chi connectivity index (χ1) is 17.3. The van der Waals surface area contributed by atoms with E-state index in [0.29, 0.717) is 27.4 Å². The fourth-order valence-electron chi connectivity index (χ4n) is 6.28. The van der Waals surface area contributed by atoms with E-state index in [-0.39, 0.29) is 23.0 Å². The lowest BCUT2D eigenvalue weighted by Gasteiger charge is -2.37. The summed E-state index contributed by atoms with van der Waals surface area (Å²) in [5.41, 5.74) is 0.933. The van der Waals surface area contributed by atoms with Crippen molar-refractivity contribution in [1.82, 2.24) is 0 Å². The number of carbonyl (C=O) groups excluding carboxylic acids is 3. The first-order valence-electron chi connectivity index (χ1n) is 11.5. The van der Waals surface area contributed by atoms with Gasteiger partial charge in [-0.05, 0) is 36.2 Å². The van der Waals surface area contributed by atoms with Crippen LogP contribution in [0.25, 0.3) is 6.08 Å². The van der Waals surface area contributed by atoms with Crippen molar-refractivity contribution in [2.75, 3.05) is 4.90 Å². The third-order valence-electron chi connectivity index (χ3n) is 7.65. The summed E-state index contributed by atoms with van der Waals surface area (Å²) in [4.78, 5) is 54.5. The number of non-ortho nitro benzene ring substituents is 1. The van der Waals surface area contributed by atoms with E-state index < -0.39 is 28.3 Å². The number of halogens is 1. The number of carbonyl (C=O) groups is 3. The summed E-state index contributed by atoms with van der Waals surface area (Å²) in [6.07, 6.45) is 3.64. The molecule has 0 bridgehead atoms. The first-order valence-corrected chi connectivity index (χ1v) is 11.8. The fourth-order valence-corrected chi connectivity index (χ4v) is 6.46. The summed E-state index contributed by atoms with van der Waals surface area (Å²) in [6.45, 7) is 1.45. The highest BCUT2D eigenvalue weighted by atomic mass is 35.5. The van der Waals surface area contributed by atoms with Crippen LogP contribution in [0.1, 0.15) is 44.7 Å². The summed E-state index contributed by atoms with van der Waals surface area (Å²) in [5, 5.41) is 11.8. The quantitative estimate of drug-likeness (QED) is 0.277. The van der Waals surface area contributed by atoms with E-state index in [1.165, 1.54) is 19.1 Å². The molecule has 0 amide bonds. The molecule has 2 heterocycles. The zero-order valence-corrected chi connectivity index (χ0v) is 19.8. The predicted molar refractivity (Wildman–Crippen MR) is 135 cm³/mol. The van der Waals surface area contributed by atoms with Crippen LogP contribution < -0.4 is 4.90 Å². The van der Waals surface area contributed by atoms with E-state index in [4.69, 9.17) is 11.6 Å². The molecule has 3 aliphatic rings. The Morgan fingerprint density at radius 3 is 2.22 bits per heavy atom. The minimum atomic E-state index is -1.61. The Morgan fingerprint density at radius 2 is 1.64 bits per heavy atom. The third-order valence-corrected chi connectivity index (χ3v) is 7.88. The Labute approximate surface area is 211 Å². The lowest BCUT2D eigenvalue weighted by Crippen LogP contribution is -2.48. The standard InChI is InChI=1S/C28H19ClN2O5/c1-15(32)25-24(16-6-10-19(11-7-16)31(35)36)28(26(33)20-4-2-3-5-21(20)27(28)34)23-13-8-17-14-18(29)9-12-22(17)30(23)25/h2-14,23-25H,1H3/t23-,24+,25+/m1/s1. The van der Waals surface area contributed by atoms with Gasteiger partial charge in [-0.1, -0.05) is 60.2 Å². The number of anilines is 1. The van der Waals surface area contributed by atoms with Crippen molar-refractivity contribution in [3.63, 3.8) is 0 Å². The van der Waals surface area contributed by atoms with Crippen LogP contribution in [0.3, 0.4) is 0 Å². The molecular formula is C28H19ClN2O5. The smallest absolute Gasteiger partial charge is 0.269 e. The minimum Gasteiger partial charge on any atom is -0.352 e. The molecule has 3 aromatic carbocycles. The summed E-state index contributed by atoms with van der Waals surface area (Å²) in [5.74, 6) is -1.76. The van der Waals surface area contributed by atoms with E-state index in [1.807, 2.05) is 17.1 Å². The van der Waals surface area contributed by atoms with Crippen LogP contribution in [0.2, 0.25) is 5.02 Å². The van der Waals surface area contributed by atoms with E-state index >= 15 is 0 Å². The Kier molecular flexibility index (Phi) is 4.78. The molecule has 1 aliphatic carbocycles. The topological polar surface area (TPSA) is 97.6 Å². The van der Waals surface area contributed by atoms with E-state index in [9.17, 15) is 24.5 Å². The SMILES string of the molecule is CC(=O)[C@H]1[C@H](c2ccc([N+](=O)[O-])cc2)C2(C(=O)c3ccccc3C2=O)[C@H]2C=Cc3cc(Cl)ccc3N12. The molecule has 7 nitrogen and oxygen atoms in total. The van der Waals surface area contributed by atoms with E-state index in [1.54, 1.807) is 54.6 Å². The Hall–Kier alpha value is -4.10. The second-order valence-corrected chi connectivity index (χ2v) is 9.81. The van der Waals surface area contributed by atoms with Gasteiger partial charge in [0.15, 0.2) is 17.3 Å². The lowest BCUT2D eigenvalue weighted by molar-refractivity contribution is -0.384. The molecule has 2 aliphatic heterocycles. The van der Waals surface area contributed by atoms with Gasteiger partial charge >= 0.3 is 0 Å². The highest BCUT2D eigenvalue weighted by molar-refractivity contribution is 6.32. The van der Waals surface area contributed by atoms with Crippen molar-refractivity contribution >= 4 is 46.4 Å². The average Bonchev–Trinajstić information content (AvgIpc) is 3.30. The van der Waals surface area contributed by atoms with E-state index in [0.717, 1.165) is 5.56 Å². The van der Waals surface area contributed by atoms with Crippen molar-refractivity contribution in [2.24, 2.45) is 5.41 Å². The summed E-state index contributed by atoms with van der Waals surface area (Å²) in [6, 6.07) is 16.2. The normalized spacial score (nSPS) is 22.9. The van der Waals surface area contributed by atoms with E-state index in [2.05, 4.69) is 0 Å². The second kappa shape index (κ2) is 7.70. The first kappa shape index (κ1) is 22.4. The number of Topliss-reactive ketones (excluding diaryl/α,β-unsaturated/α-hetero) is 3. The van der Waals surface area contributed by atoms with Crippen molar-refractivity contribution < 1.29 is 19.3 Å². The number of hydrogen-bond acceptors (Lipinski definition) is 6. The molecule has 36 heavy (non-hydrogen) atoms. The number of fused-ring (bicyclic) bond motifs is 5. The van der Waals surface area contributed by atoms with Crippen molar-refractivity contribution in [2.45, 2.75) is 24.9 Å². The average molecular weight is 499 g/mol. The second-order valence-electron chi connectivity index (χ2n) is 9.37. The molecule has 0 aromatic heterocycles. The highest BCUT2D eigenvalue weighted by Crippen LogP contribution is 2.60. The van der Waals surface area contributed by atoms with Crippen molar-refractivity contribution in [3.05, 3.63) is 110 Å². The molecule has 3 atom stereocenters. The van der Waals surface area contributed by atoms with Crippen LogP contribution in [-0.2, 0) is 4.79 Å². The zero-order valence-electron chi connectivity index (χ0n) is 19.1. The Bertz CT molecular complexity index is 1490. The van der Waals surface area contributed by atoms with Crippen LogP contribution in [0, 0.1) is 15.5 Å². The van der Waals surface area contributed by atoms with Crippen LogP contribution in [-0.4, -0.2) is 34.4 Å². The number of nitro groups is 1. The van der Waals surface area contributed by atoms with Gasteiger partial charge in [-0.3, -0.25) is 24.5 Å². The monoisotopic (exact) mass is 498 g/mol. The van der Waals surface area contributed by atoms with Crippen LogP contribution in [0.5, 0.6) is 0 Å². The molecular weight excluding hydrogens is 480 g/mol. The van der Waals surface area contributed by atoms with Crippen LogP contribution in [0.4, 0.5) is 11.4 Å². The van der Waals surface area contributed by atoms with Gasteiger partial charge in [0, 0.05) is 39.9 Å². The van der Waals surface area contributed by atoms with Gasteiger partial charge < -0.3 is 4.90 Å². The maximum atomic E-state index is 14.3. The molecule has 3 aromatic rings. The summed E-state index contributed by atoms with van der Waals surface area (Å²) in [7, 11) is 0. The number of ketones is 3. The molecule has 0 radical (unpaired) electrons. The molecule has 1 spiro atoms. The molecule has 6 rings (SSSR count). The summed E-state index contributed by atoms with van der Waals surface area (Å²) < 4.78 is 0. The number of rotatable bonds is 3. The third kappa shape index (κ3) is 2.77. The molecule has 0 saturated carbocycles. The molecule has 0 unspecified atom stereocenters. The van der Waals surface area contributed by atoms with Gasteiger partial charge in [0.25, 0.3) is 5.69 Å². The van der Waals surface area contributed by atoms with Gasteiger partial charge in [0.2, 0.25) is 0 Å². The van der Waals surface area contributed by atoms with Crippen LogP contribution in [0.15, 0.2) is 72.8 Å². The van der Waals surface area contributed by atoms with Crippen molar-refractivity contribution in [1.29, 1.82) is 0 Å². The van der Waals surface area contributed by atoms with Gasteiger partial charge in [-0.2, -0.15) is 0 Å². The van der Waals surface area contributed by atoms with Crippen LogP contribution >= 0.6 is 11.6 Å². The number of nitro benzene ring substituents is 1. The lowest BCUT2D eigenvalue weighted by atomic mass is 9.64. The number of nitrogens with zero attached hydrogens (tertiary/aromatic N) is 2. The molecule has 178 valence electrons. The van der Waals surface area contributed by atoms with Gasteiger partial charge in [0.1, 0.15) is 5.41 Å². The maximum Gasteiger partial charge on any atom is 0.269 e. The highest BCUT2D eigenvalue weighted by Gasteiger charge is 2.71. The maximum absolute atomic E-state index is 14.3. The van der Waals surface area contributed by atoms with Gasteiger partial charge in [-0.25, -0.2) is 0 Å². The molecule has 1 fully saturated rings. The van der Waals surface area contributed by atoms with Gasteiger partial charge in [0.05, 0.1) is 17.0 Å². The largest absolute Gasteiger partial charge is 0.352 e. The number of hydrogen-bond donors (Lipinski definition) is 0. The predicted octanol–water partition coefficient (Wildman–Crippen LogP) is 5.27. The molecule has 1 saturated heterocycles.